The number of hydrogen-bond donors (Lipinski definition) is 0. The quantitative estimate of drug-likeness (QED) is 0.773. The lowest BCUT2D eigenvalue weighted by molar-refractivity contribution is 0.0963. The van der Waals surface area contributed by atoms with Crippen molar-refractivity contribution in [1.29, 1.82) is 0 Å². The predicted octanol–water partition coefficient (Wildman–Crippen LogP) is 3.35. The highest BCUT2D eigenvalue weighted by Gasteiger charge is 2.20. The van der Waals surface area contributed by atoms with Crippen LogP contribution in [0.3, 0.4) is 0 Å². The van der Waals surface area contributed by atoms with Crippen LogP contribution in [0.15, 0.2) is 24.3 Å². The minimum Gasteiger partial charge on any atom is -0.302 e. The summed E-state index contributed by atoms with van der Waals surface area (Å²) >= 11 is 7.89. The van der Waals surface area contributed by atoms with Crippen molar-refractivity contribution < 1.29 is 4.79 Å². The smallest absolute Gasteiger partial charge is 0.164 e. The minimum absolute atomic E-state index is 0.176. The van der Waals surface area contributed by atoms with Crippen LogP contribution in [0.25, 0.3) is 0 Å². The van der Waals surface area contributed by atoms with E-state index in [2.05, 4.69) is 11.9 Å². The maximum absolute atomic E-state index is 12.0. The summed E-state index contributed by atoms with van der Waals surface area (Å²) in [5, 5.41) is 0.626. The zero-order valence-electron chi connectivity index (χ0n) is 10.6. The second-order valence-corrected chi connectivity index (χ2v) is 6.27. The van der Waals surface area contributed by atoms with Gasteiger partial charge in [-0.05, 0) is 31.4 Å². The van der Waals surface area contributed by atoms with Crippen LogP contribution in [0.2, 0.25) is 5.02 Å². The van der Waals surface area contributed by atoms with Crippen LogP contribution >= 0.6 is 23.4 Å². The van der Waals surface area contributed by atoms with E-state index in [-0.39, 0.29) is 5.78 Å². The molecule has 1 atom stereocenters. The Morgan fingerprint density at radius 1 is 1.56 bits per heavy atom. The number of benzene rings is 1. The van der Waals surface area contributed by atoms with Gasteiger partial charge in [-0.2, -0.15) is 11.8 Å². The first-order valence-electron chi connectivity index (χ1n) is 6.23. The first-order chi connectivity index (χ1) is 8.66. The van der Waals surface area contributed by atoms with Crippen LogP contribution in [0, 0.1) is 0 Å². The maximum Gasteiger partial charge on any atom is 0.164 e. The zero-order chi connectivity index (χ0) is 13.0. The number of ketones is 1. The first kappa shape index (κ1) is 13.9. The molecule has 1 fully saturated rings. The maximum atomic E-state index is 12.0. The summed E-state index contributed by atoms with van der Waals surface area (Å²) in [4.78, 5) is 14.3. The molecule has 2 rings (SSSR count). The van der Waals surface area contributed by atoms with Crippen molar-refractivity contribution in [1.82, 2.24) is 4.90 Å². The van der Waals surface area contributed by atoms with E-state index in [1.807, 2.05) is 23.9 Å². The highest BCUT2D eigenvalue weighted by Crippen LogP contribution is 2.21. The number of halogens is 1. The van der Waals surface area contributed by atoms with E-state index in [0.717, 1.165) is 12.1 Å². The Labute approximate surface area is 118 Å². The molecule has 98 valence electrons. The van der Waals surface area contributed by atoms with Gasteiger partial charge in [0.1, 0.15) is 0 Å². The number of Topliss-reactive ketones (excluding diaryl/α,β-unsaturated/α-hetero) is 1. The summed E-state index contributed by atoms with van der Waals surface area (Å²) in [6.07, 6.45) is 1.81. The van der Waals surface area contributed by atoms with Gasteiger partial charge >= 0.3 is 0 Å². The zero-order valence-corrected chi connectivity index (χ0v) is 12.1. The Hall–Kier alpha value is -0.510. The molecule has 1 aliphatic heterocycles. The van der Waals surface area contributed by atoms with Gasteiger partial charge < -0.3 is 4.90 Å². The Kier molecular flexibility index (Phi) is 5.10. The average molecular weight is 284 g/mol. The fourth-order valence-electron chi connectivity index (χ4n) is 2.14. The molecular weight excluding hydrogens is 266 g/mol. The van der Waals surface area contributed by atoms with Crippen molar-refractivity contribution in [2.45, 2.75) is 18.9 Å². The van der Waals surface area contributed by atoms with Crippen LogP contribution in [0.1, 0.15) is 23.2 Å². The number of thioether (sulfide) groups is 1. The molecule has 0 aromatic heterocycles. The third-order valence-electron chi connectivity index (χ3n) is 3.37. The fourth-order valence-corrected chi connectivity index (χ4v) is 3.63. The molecule has 0 saturated carbocycles. The molecule has 0 spiro atoms. The van der Waals surface area contributed by atoms with Gasteiger partial charge in [0.2, 0.25) is 0 Å². The number of hydrogen-bond acceptors (Lipinski definition) is 3. The Balaban J connectivity index is 1.84. The summed E-state index contributed by atoms with van der Waals surface area (Å²) < 4.78 is 0. The van der Waals surface area contributed by atoms with Crippen molar-refractivity contribution in [2.24, 2.45) is 0 Å². The van der Waals surface area contributed by atoms with Crippen molar-refractivity contribution in [2.75, 3.05) is 25.1 Å². The molecule has 1 unspecified atom stereocenters. The Bertz CT molecular complexity index is 418. The van der Waals surface area contributed by atoms with Crippen LogP contribution < -0.4 is 0 Å². The Morgan fingerprint density at radius 2 is 2.39 bits per heavy atom. The summed E-state index contributed by atoms with van der Waals surface area (Å²) in [5.74, 6) is 2.62. The lowest BCUT2D eigenvalue weighted by atomic mass is 10.1. The van der Waals surface area contributed by atoms with Crippen LogP contribution in [-0.2, 0) is 0 Å². The number of nitrogens with zero attached hydrogens (tertiary/aromatic N) is 1. The van der Waals surface area contributed by atoms with Crippen molar-refractivity contribution in [3.63, 3.8) is 0 Å². The Morgan fingerprint density at radius 3 is 3.06 bits per heavy atom. The molecule has 1 aliphatic rings. The van der Waals surface area contributed by atoms with E-state index in [1.54, 1.807) is 12.1 Å². The topological polar surface area (TPSA) is 20.3 Å². The number of carbonyl (C=O) groups is 1. The summed E-state index contributed by atoms with van der Waals surface area (Å²) in [7, 11) is 2.11. The highest BCUT2D eigenvalue weighted by atomic mass is 35.5. The van der Waals surface area contributed by atoms with Crippen molar-refractivity contribution >= 4 is 29.1 Å². The lowest BCUT2D eigenvalue weighted by Gasteiger charge is -2.22. The second-order valence-electron chi connectivity index (χ2n) is 4.68. The van der Waals surface area contributed by atoms with Crippen LogP contribution in [0.4, 0.5) is 0 Å². The molecule has 18 heavy (non-hydrogen) atoms. The molecule has 0 N–H and O–H groups in total. The van der Waals surface area contributed by atoms with Gasteiger partial charge in [-0.1, -0.05) is 23.7 Å². The molecule has 4 heteroatoms. The van der Waals surface area contributed by atoms with Gasteiger partial charge in [-0.25, -0.2) is 0 Å². The van der Waals surface area contributed by atoms with Gasteiger partial charge in [0, 0.05) is 35.3 Å². The van der Waals surface area contributed by atoms with Gasteiger partial charge in [-0.3, -0.25) is 4.79 Å². The van der Waals surface area contributed by atoms with Gasteiger partial charge in [-0.15, -0.1) is 0 Å². The molecule has 1 saturated heterocycles. The predicted molar refractivity (Wildman–Crippen MR) is 78.8 cm³/mol. The van der Waals surface area contributed by atoms with E-state index in [1.165, 1.54) is 17.9 Å². The third kappa shape index (κ3) is 3.74. The summed E-state index contributed by atoms with van der Waals surface area (Å²) in [5.41, 5.74) is 0.719. The lowest BCUT2D eigenvalue weighted by Crippen LogP contribution is -2.33. The average Bonchev–Trinajstić information content (AvgIpc) is 2.89. The van der Waals surface area contributed by atoms with E-state index < -0.39 is 0 Å². The SMILES string of the molecule is CN(CCC(=O)c1cccc(Cl)c1)C1CCSC1. The fraction of sp³-hybridized carbons (Fsp3) is 0.500. The summed E-state index contributed by atoms with van der Waals surface area (Å²) in [6, 6.07) is 7.84. The first-order valence-corrected chi connectivity index (χ1v) is 7.77. The molecule has 0 radical (unpaired) electrons. The molecule has 0 aliphatic carbocycles. The van der Waals surface area contributed by atoms with Gasteiger partial charge in [0.15, 0.2) is 5.78 Å². The normalized spacial score (nSPS) is 19.4. The van der Waals surface area contributed by atoms with Crippen LogP contribution in [-0.4, -0.2) is 41.8 Å². The minimum atomic E-state index is 0.176. The second kappa shape index (κ2) is 6.60. The molecule has 1 aromatic carbocycles. The van der Waals surface area contributed by atoms with E-state index in [9.17, 15) is 4.79 Å². The monoisotopic (exact) mass is 283 g/mol. The van der Waals surface area contributed by atoms with Crippen LogP contribution in [0.5, 0.6) is 0 Å². The molecule has 1 aromatic rings. The summed E-state index contributed by atoms with van der Waals surface area (Å²) in [6.45, 7) is 0.830. The molecule has 1 heterocycles. The molecule has 0 bridgehead atoms. The number of carbonyl (C=O) groups excluding carboxylic acids is 1. The van der Waals surface area contributed by atoms with Gasteiger partial charge in [0.05, 0.1) is 0 Å². The molecule has 2 nitrogen and oxygen atoms in total. The molecular formula is C14H18ClNOS. The van der Waals surface area contributed by atoms with Crippen molar-refractivity contribution in [3.05, 3.63) is 34.9 Å². The van der Waals surface area contributed by atoms with E-state index in [0.29, 0.717) is 17.5 Å². The van der Waals surface area contributed by atoms with E-state index >= 15 is 0 Å². The van der Waals surface area contributed by atoms with Gasteiger partial charge in [0.25, 0.3) is 0 Å². The van der Waals surface area contributed by atoms with E-state index in [4.69, 9.17) is 11.6 Å². The molecule has 0 amide bonds. The largest absolute Gasteiger partial charge is 0.302 e. The standard InChI is InChI=1S/C14H18ClNOS/c1-16(13-6-8-18-10-13)7-5-14(17)11-3-2-4-12(15)9-11/h2-4,9,13H,5-8,10H2,1H3. The highest BCUT2D eigenvalue weighted by molar-refractivity contribution is 7.99. The van der Waals surface area contributed by atoms with Crippen molar-refractivity contribution in [3.8, 4) is 0 Å². The number of rotatable bonds is 5. The third-order valence-corrected chi connectivity index (χ3v) is 4.75.